The lowest BCUT2D eigenvalue weighted by Crippen LogP contribution is -2.24. The number of pyridine rings is 1. The highest BCUT2D eigenvalue weighted by atomic mass is 19.1. The lowest BCUT2D eigenvalue weighted by Gasteiger charge is -2.21. The molecule has 0 bridgehead atoms. The number of nitrogens with one attached hydrogen (secondary N) is 3. The lowest BCUT2D eigenvalue weighted by atomic mass is 10.1. The topological polar surface area (TPSA) is 113 Å². The Balaban J connectivity index is 0.000000496. The molecule has 0 fully saturated rings. The van der Waals surface area contributed by atoms with E-state index in [-0.39, 0.29) is 17.3 Å². The van der Waals surface area contributed by atoms with Crippen molar-refractivity contribution in [3.05, 3.63) is 83.2 Å². The van der Waals surface area contributed by atoms with E-state index >= 15 is 0 Å². The zero-order chi connectivity index (χ0) is 30.0. The van der Waals surface area contributed by atoms with Crippen molar-refractivity contribution >= 4 is 29.5 Å². The average Bonchev–Trinajstić information content (AvgIpc) is 3.38. The summed E-state index contributed by atoms with van der Waals surface area (Å²) in [4.78, 5) is 30.7. The number of hydrogen-bond donors (Lipinski definition) is 3. The number of aldehydes is 1. The summed E-state index contributed by atoms with van der Waals surface area (Å²) in [6, 6.07) is 10.3. The fourth-order valence-corrected chi connectivity index (χ4v) is 4.11. The molecule has 1 amide bonds. The van der Waals surface area contributed by atoms with Gasteiger partial charge in [-0.15, -0.1) is 0 Å². The van der Waals surface area contributed by atoms with Gasteiger partial charge >= 0.3 is 0 Å². The molecular formula is C31H40FN7O2. The van der Waals surface area contributed by atoms with Gasteiger partial charge in [0.1, 0.15) is 11.6 Å². The van der Waals surface area contributed by atoms with Crippen molar-refractivity contribution in [1.29, 1.82) is 0 Å². The first kappa shape index (κ1) is 31.2. The van der Waals surface area contributed by atoms with E-state index < -0.39 is 0 Å². The molecule has 0 radical (unpaired) electrons. The van der Waals surface area contributed by atoms with Crippen molar-refractivity contribution in [3.63, 3.8) is 0 Å². The fraction of sp³-hybridized carbons (Fsp3) is 0.387. The molecule has 41 heavy (non-hydrogen) atoms. The summed E-state index contributed by atoms with van der Waals surface area (Å²) < 4.78 is 16.4. The first-order valence-electron chi connectivity index (χ1n) is 13.7. The van der Waals surface area contributed by atoms with E-state index in [1.54, 1.807) is 30.6 Å². The van der Waals surface area contributed by atoms with Crippen LogP contribution in [0.25, 0.3) is 0 Å². The van der Waals surface area contributed by atoms with Gasteiger partial charge in [-0.2, -0.15) is 5.10 Å². The normalized spacial score (nSPS) is 12.6. The quantitative estimate of drug-likeness (QED) is 0.312. The summed E-state index contributed by atoms with van der Waals surface area (Å²) >= 11 is 0. The average molecular weight is 562 g/mol. The maximum absolute atomic E-state index is 14.5. The number of amidine groups is 1. The predicted octanol–water partition coefficient (Wildman–Crippen LogP) is 5.15. The molecule has 3 aromatic rings. The van der Waals surface area contributed by atoms with E-state index in [0.29, 0.717) is 54.2 Å². The van der Waals surface area contributed by atoms with Crippen LogP contribution in [0.4, 0.5) is 15.9 Å². The standard InChI is InChI=1S/C26H34FN5O.C5H6N2O/c1-17(2)13-20-9-8-19(16-29-20)25(33)30-21-11-12-23(27)18(14-21)7-10-22-15-24(28-6)32(31-22)26(3,4)5;8-4-5-6-2-1-3-7-5/h8-9,11-12,14-17,28H,7,10,13H2,1-6H3,(H,30,33);1-2,4H,3H2,(H,6,7). The summed E-state index contributed by atoms with van der Waals surface area (Å²) in [6.07, 6.45) is 7.77. The minimum atomic E-state index is -0.295. The molecule has 1 aliphatic rings. The maximum atomic E-state index is 14.5. The molecule has 0 spiro atoms. The monoisotopic (exact) mass is 561 g/mol. The first-order valence-corrected chi connectivity index (χ1v) is 13.7. The minimum Gasteiger partial charge on any atom is -0.373 e. The van der Waals surface area contributed by atoms with Crippen molar-refractivity contribution in [1.82, 2.24) is 20.1 Å². The number of aromatic nitrogens is 3. The molecule has 0 saturated carbocycles. The number of nitrogens with zero attached hydrogens (tertiary/aromatic N) is 4. The Morgan fingerprint density at radius 2 is 1.93 bits per heavy atom. The summed E-state index contributed by atoms with van der Waals surface area (Å²) in [5.74, 6) is 1.27. The van der Waals surface area contributed by atoms with Gasteiger partial charge in [-0.25, -0.2) is 9.07 Å². The second-order valence-electron chi connectivity index (χ2n) is 11.1. The van der Waals surface area contributed by atoms with Gasteiger partial charge in [0.2, 0.25) is 0 Å². The number of hydrogen-bond acceptors (Lipinski definition) is 7. The van der Waals surface area contributed by atoms with Crippen LogP contribution in [-0.4, -0.2) is 46.4 Å². The number of benzene rings is 1. The highest BCUT2D eigenvalue weighted by Crippen LogP contribution is 2.23. The number of aliphatic imine (C=N–C) groups is 1. The van der Waals surface area contributed by atoms with E-state index in [1.165, 1.54) is 6.07 Å². The van der Waals surface area contributed by atoms with E-state index in [2.05, 4.69) is 65.6 Å². The Morgan fingerprint density at radius 1 is 1.15 bits per heavy atom. The summed E-state index contributed by atoms with van der Waals surface area (Å²) in [7, 11) is 1.86. The molecule has 9 nitrogen and oxygen atoms in total. The SMILES string of the molecule is CNc1cc(CCc2cc(NC(=O)c3ccc(CC(C)C)nc3)ccc2F)nn1C(C)(C)C.O=CC1=NCC=CN1. The number of halogens is 1. The summed E-state index contributed by atoms with van der Waals surface area (Å²) in [6.45, 7) is 11.1. The Labute approximate surface area is 241 Å². The molecule has 0 saturated heterocycles. The largest absolute Gasteiger partial charge is 0.373 e. The zero-order valence-corrected chi connectivity index (χ0v) is 24.7. The molecule has 4 rings (SSSR count). The number of carbonyl (C=O) groups is 2. The molecule has 0 aliphatic carbocycles. The molecule has 10 heteroatoms. The highest BCUT2D eigenvalue weighted by molar-refractivity contribution is 6.27. The van der Waals surface area contributed by atoms with Crippen LogP contribution < -0.4 is 16.0 Å². The van der Waals surface area contributed by atoms with Gasteiger partial charge in [-0.3, -0.25) is 19.6 Å². The third-order valence-corrected chi connectivity index (χ3v) is 6.14. The molecule has 0 atom stereocenters. The van der Waals surface area contributed by atoms with Crippen molar-refractivity contribution in [2.24, 2.45) is 10.9 Å². The van der Waals surface area contributed by atoms with Gasteiger partial charge in [0.15, 0.2) is 12.1 Å². The van der Waals surface area contributed by atoms with Gasteiger partial charge in [-0.05, 0) is 87.9 Å². The predicted molar refractivity (Wildman–Crippen MR) is 162 cm³/mol. The Hall–Kier alpha value is -4.34. The van der Waals surface area contributed by atoms with Gasteiger partial charge < -0.3 is 16.0 Å². The molecular weight excluding hydrogens is 521 g/mol. The first-order chi connectivity index (χ1) is 19.5. The van der Waals surface area contributed by atoms with Gasteiger partial charge in [0.25, 0.3) is 5.91 Å². The van der Waals surface area contributed by atoms with Crippen LogP contribution in [0.5, 0.6) is 0 Å². The number of amides is 1. The smallest absolute Gasteiger partial charge is 0.257 e. The van der Waals surface area contributed by atoms with E-state index in [1.807, 2.05) is 29.9 Å². The molecule has 1 aromatic carbocycles. The molecule has 2 aromatic heterocycles. The second kappa shape index (κ2) is 14.3. The Kier molecular flexibility index (Phi) is 10.9. The van der Waals surface area contributed by atoms with Crippen LogP contribution in [0.15, 0.2) is 59.9 Å². The van der Waals surface area contributed by atoms with Gasteiger partial charge in [0, 0.05) is 36.9 Å². The van der Waals surface area contributed by atoms with Crippen LogP contribution in [0, 0.1) is 11.7 Å². The minimum absolute atomic E-state index is 0.159. The second-order valence-corrected chi connectivity index (χ2v) is 11.1. The maximum Gasteiger partial charge on any atom is 0.257 e. The third kappa shape index (κ3) is 9.37. The highest BCUT2D eigenvalue weighted by Gasteiger charge is 2.19. The Morgan fingerprint density at radius 3 is 2.46 bits per heavy atom. The Bertz CT molecular complexity index is 1390. The van der Waals surface area contributed by atoms with Crippen LogP contribution >= 0.6 is 0 Å². The van der Waals surface area contributed by atoms with Crippen LogP contribution in [0.2, 0.25) is 0 Å². The number of anilines is 2. The molecule has 1 aliphatic heterocycles. The van der Waals surface area contributed by atoms with Crippen molar-refractivity contribution in [3.8, 4) is 0 Å². The number of aryl methyl sites for hydroxylation is 2. The lowest BCUT2D eigenvalue weighted by molar-refractivity contribution is -0.102. The molecule has 3 N–H and O–H groups in total. The van der Waals surface area contributed by atoms with Crippen LogP contribution in [0.1, 0.15) is 61.9 Å². The number of carbonyl (C=O) groups excluding carboxylic acids is 2. The molecule has 0 unspecified atom stereocenters. The fourth-order valence-electron chi connectivity index (χ4n) is 4.11. The van der Waals surface area contributed by atoms with Crippen molar-refractivity contribution in [2.45, 2.75) is 59.4 Å². The van der Waals surface area contributed by atoms with Crippen LogP contribution in [-0.2, 0) is 29.6 Å². The van der Waals surface area contributed by atoms with E-state index in [0.717, 1.165) is 23.6 Å². The number of rotatable bonds is 9. The van der Waals surface area contributed by atoms with Gasteiger partial charge in [-0.1, -0.05) is 13.8 Å². The van der Waals surface area contributed by atoms with Crippen molar-refractivity contribution < 1.29 is 14.0 Å². The van der Waals surface area contributed by atoms with Crippen molar-refractivity contribution in [2.75, 3.05) is 24.2 Å². The summed E-state index contributed by atoms with van der Waals surface area (Å²) in [5.41, 5.74) is 3.25. The van der Waals surface area contributed by atoms with E-state index in [9.17, 15) is 14.0 Å². The van der Waals surface area contributed by atoms with E-state index in [4.69, 9.17) is 0 Å². The molecule has 218 valence electrons. The third-order valence-electron chi connectivity index (χ3n) is 6.14. The zero-order valence-electron chi connectivity index (χ0n) is 24.7. The molecule has 3 heterocycles. The van der Waals surface area contributed by atoms with Gasteiger partial charge in [0.05, 0.1) is 23.3 Å². The van der Waals surface area contributed by atoms with Crippen LogP contribution in [0.3, 0.4) is 0 Å². The summed E-state index contributed by atoms with van der Waals surface area (Å²) in [5, 5.41) is 13.4.